The summed E-state index contributed by atoms with van der Waals surface area (Å²) in [7, 11) is 1.87. The summed E-state index contributed by atoms with van der Waals surface area (Å²) in [6.07, 6.45) is 5.63. The molecular formula is C17H26N4O2. The average Bonchev–Trinajstić information content (AvgIpc) is 2.57. The highest BCUT2D eigenvalue weighted by atomic mass is 16.5. The number of hydrogen-bond donors (Lipinski definition) is 1. The number of carbonyl (C=O) groups is 1. The third-order valence-electron chi connectivity index (χ3n) is 4.69. The van der Waals surface area contributed by atoms with Gasteiger partial charge in [0, 0.05) is 39.4 Å². The minimum atomic E-state index is 0.00151. The number of amides is 2. The largest absolute Gasteiger partial charge is 0.378 e. The molecule has 1 N–H and O–H groups in total. The van der Waals surface area contributed by atoms with Crippen LogP contribution in [0.2, 0.25) is 0 Å². The number of rotatable bonds is 5. The van der Waals surface area contributed by atoms with Crippen LogP contribution in [0, 0.1) is 5.92 Å². The van der Waals surface area contributed by atoms with Crippen molar-refractivity contribution >= 4 is 11.8 Å². The van der Waals surface area contributed by atoms with Crippen molar-refractivity contribution in [3.05, 3.63) is 23.9 Å². The molecule has 3 rings (SSSR count). The van der Waals surface area contributed by atoms with E-state index < -0.39 is 0 Å². The van der Waals surface area contributed by atoms with Crippen LogP contribution in [0.3, 0.4) is 0 Å². The minimum Gasteiger partial charge on any atom is -0.378 e. The average molecular weight is 318 g/mol. The molecule has 2 fully saturated rings. The van der Waals surface area contributed by atoms with Crippen molar-refractivity contribution in [2.45, 2.75) is 25.8 Å². The molecule has 1 saturated heterocycles. The SMILES string of the molecule is CN(CC1CCC1)C(=O)NCc1ccnc(N2CCOCC2)c1. The molecule has 0 radical (unpaired) electrons. The summed E-state index contributed by atoms with van der Waals surface area (Å²) >= 11 is 0. The zero-order valence-electron chi connectivity index (χ0n) is 13.8. The van der Waals surface area contributed by atoms with Crippen molar-refractivity contribution in [1.82, 2.24) is 15.2 Å². The number of hydrogen-bond acceptors (Lipinski definition) is 4. The van der Waals surface area contributed by atoms with Crippen LogP contribution < -0.4 is 10.2 Å². The van der Waals surface area contributed by atoms with E-state index >= 15 is 0 Å². The molecule has 126 valence electrons. The fraction of sp³-hybridized carbons (Fsp3) is 0.647. The zero-order valence-corrected chi connectivity index (χ0v) is 13.8. The van der Waals surface area contributed by atoms with E-state index in [1.165, 1.54) is 19.3 Å². The maximum absolute atomic E-state index is 12.2. The highest BCUT2D eigenvalue weighted by molar-refractivity contribution is 5.73. The Labute approximate surface area is 137 Å². The first-order valence-electron chi connectivity index (χ1n) is 8.49. The summed E-state index contributed by atoms with van der Waals surface area (Å²) < 4.78 is 5.37. The quantitative estimate of drug-likeness (QED) is 0.900. The van der Waals surface area contributed by atoms with Crippen LogP contribution in [0.15, 0.2) is 18.3 Å². The summed E-state index contributed by atoms with van der Waals surface area (Å²) in [5.74, 6) is 1.66. The molecule has 1 aliphatic heterocycles. The molecule has 1 saturated carbocycles. The predicted molar refractivity (Wildman–Crippen MR) is 89.5 cm³/mol. The second-order valence-electron chi connectivity index (χ2n) is 6.46. The van der Waals surface area contributed by atoms with Crippen molar-refractivity contribution < 1.29 is 9.53 Å². The monoisotopic (exact) mass is 318 g/mol. The molecule has 1 aromatic rings. The van der Waals surface area contributed by atoms with Crippen LogP contribution in [-0.2, 0) is 11.3 Å². The smallest absolute Gasteiger partial charge is 0.317 e. The summed E-state index contributed by atoms with van der Waals surface area (Å²) in [6.45, 7) is 4.62. The molecule has 2 aliphatic rings. The maximum atomic E-state index is 12.2. The Hall–Kier alpha value is -1.82. The lowest BCUT2D eigenvalue weighted by Crippen LogP contribution is -2.40. The van der Waals surface area contributed by atoms with Crippen molar-refractivity contribution in [2.75, 3.05) is 44.8 Å². The van der Waals surface area contributed by atoms with Gasteiger partial charge in [-0.2, -0.15) is 0 Å². The Bertz CT molecular complexity index is 527. The molecule has 0 aromatic carbocycles. The molecule has 6 heteroatoms. The van der Waals surface area contributed by atoms with Crippen LogP contribution in [0.5, 0.6) is 0 Å². The lowest BCUT2D eigenvalue weighted by atomic mass is 9.85. The fourth-order valence-corrected chi connectivity index (χ4v) is 2.99. The van der Waals surface area contributed by atoms with Crippen molar-refractivity contribution in [3.8, 4) is 0 Å². The van der Waals surface area contributed by atoms with Gasteiger partial charge >= 0.3 is 6.03 Å². The molecule has 2 heterocycles. The van der Waals surface area contributed by atoms with Gasteiger partial charge in [0.25, 0.3) is 0 Å². The summed E-state index contributed by atoms with van der Waals surface area (Å²) in [5, 5.41) is 3.00. The summed E-state index contributed by atoms with van der Waals surface area (Å²) in [6, 6.07) is 4.01. The number of anilines is 1. The van der Waals surface area contributed by atoms with Gasteiger partial charge in [0.15, 0.2) is 0 Å². The summed E-state index contributed by atoms with van der Waals surface area (Å²) in [5.41, 5.74) is 1.08. The molecular weight excluding hydrogens is 292 g/mol. The first-order valence-corrected chi connectivity index (χ1v) is 8.49. The zero-order chi connectivity index (χ0) is 16.1. The molecule has 0 atom stereocenters. The van der Waals surface area contributed by atoms with Gasteiger partial charge in [-0.05, 0) is 36.5 Å². The van der Waals surface area contributed by atoms with Gasteiger partial charge in [-0.15, -0.1) is 0 Å². The van der Waals surface area contributed by atoms with Crippen LogP contribution >= 0.6 is 0 Å². The second-order valence-corrected chi connectivity index (χ2v) is 6.46. The number of urea groups is 1. The third-order valence-corrected chi connectivity index (χ3v) is 4.69. The standard InChI is InChI=1S/C17H26N4O2/c1-20(13-14-3-2-4-14)17(22)19-12-15-5-6-18-16(11-15)21-7-9-23-10-8-21/h5-6,11,14H,2-4,7-10,12-13H2,1H3,(H,19,22). The normalized spacial score (nSPS) is 18.4. The topological polar surface area (TPSA) is 57.7 Å². The van der Waals surface area contributed by atoms with Crippen LogP contribution in [0.4, 0.5) is 10.6 Å². The van der Waals surface area contributed by atoms with Crippen molar-refractivity contribution in [3.63, 3.8) is 0 Å². The molecule has 0 spiro atoms. The van der Waals surface area contributed by atoms with Gasteiger partial charge in [0.1, 0.15) is 5.82 Å². The van der Waals surface area contributed by atoms with E-state index in [0.717, 1.165) is 44.2 Å². The predicted octanol–water partition coefficient (Wildman–Crippen LogP) is 1.86. The molecule has 0 unspecified atom stereocenters. The third kappa shape index (κ3) is 4.34. The van der Waals surface area contributed by atoms with Crippen LogP contribution in [0.1, 0.15) is 24.8 Å². The van der Waals surface area contributed by atoms with E-state index in [1.54, 1.807) is 4.90 Å². The number of carbonyl (C=O) groups excluding carboxylic acids is 1. The fourth-order valence-electron chi connectivity index (χ4n) is 2.99. The Balaban J connectivity index is 1.50. The van der Waals surface area contributed by atoms with E-state index in [9.17, 15) is 4.79 Å². The number of pyridine rings is 1. The van der Waals surface area contributed by atoms with Gasteiger partial charge in [0.2, 0.25) is 0 Å². The van der Waals surface area contributed by atoms with E-state index in [4.69, 9.17) is 4.74 Å². The number of nitrogens with zero attached hydrogens (tertiary/aromatic N) is 3. The number of aromatic nitrogens is 1. The van der Waals surface area contributed by atoms with Crippen LogP contribution in [0.25, 0.3) is 0 Å². The molecule has 1 aromatic heterocycles. The lowest BCUT2D eigenvalue weighted by molar-refractivity contribution is 0.122. The van der Waals surface area contributed by atoms with Crippen LogP contribution in [-0.4, -0.2) is 55.8 Å². The second kappa shape index (κ2) is 7.64. The van der Waals surface area contributed by atoms with E-state index in [-0.39, 0.29) is 6.03 Å². The van der Waals surface area contributed by atoms with Gasteiger partial charge in [-0.3, -0.25) is 0 Å². The number of morpholine rings is 1. The molecule has 6 nitrogen and oxygen atoms in total. The van der Waals surface area contributed by atoms with Gasteiger partial charge < -0.3 is 19.9 Å². The number of ether oxygens (including phenoxy) is 1. The summed E-state index contributed by atoms with van der Waals surface area (Å²) in [4.78, 5) is 20.6. The Morgan fingerprint density at radius 2 is 2.22 bits per heavy atom. The van der Waals surface area contributed by atoms with Crippen molar-refractivity contribution in [1.29, 1.82) is 0 Å². The Morgan fingerprint density at radius 1 is 1.43 bits per heavy atom. The van der Waals surface area contributed by atoms with Gasteiger partial charge in [0.05, 0.1) is 13.2 Å². The molecule has 23 heavy (non-hydrogen) atoms. The molecule has 0 bridgehead atoms. The first kappa shape index (κ1) is 16.1. The maximum Gasteiger partial charge on any atom is 0.317 e. The van der Waals surface area contributed by atoms with Gasteiger partial charge in [-0.25, -0.2) is 9.78 Å². The molecule has 2 amide bonds. The van der Waals surface area contributed by atoms with E-state index in [0.29, 0.717) is 12.5 Å². The highest BCUT2D eigenvalue weighted by Crippen LogP contribution is 2.26. The molecule has 1 aliphatic carbocycles. The first-order chi connectivity index (χ1) is 11.2. The van der Waals surface area contributed by atoms with Crippen molar-refractivity contribution in [2.24, 2.45) is 5.92 Å². The Morgan fingerprint density at radius 3 is 2.91 bits per heavy atom. The highest BCUT2D eigenvalue weighted by Gasteiger charge is 2.21. The van der Waals surface area contributed by atoms with E-state index in [1.807, 2.05) is 19.3 Å². The lowest BCUT2D eigenvalue weighted by Gasteiger charge is -2.30. The number of nitrogens with one attached hydrogen (secondary N) is 1. The Kier molecular flexibility index (Phi) is 5.33. The minimum absolute atomic E-state index is 0.00151. The van der Waals surface area contributed by atoms with E-state index in [2.05, 4.69) is 21.3 Å². The van der Waals surface area contributed by atoms with Gasteiger partial charge in [-0.1, -0.05) is 6.42 Å².